The maximum absolute atomic E-state index is 12.0. The fraction of sp³-hybridized carbons (Fsp3) is 0.636. The van der Waals surface area contributed by atoms with Crippen LogP contribution in [0.15, 0.2) is 21.9 Å². The van der Waals surface area contributed by atoms with Crippen molar-refractivity contribution in [1.29, 1.82) is 0 Å². The third-order valence-electron chi connectivity index (χ3n) is 4.41. The van der Waals surface area contributed by atoms with E-state index in [2.05, 4.69) is 13.1 Å². The van der Waals surface area contributed by atoms with Gasteiger partial charge in [-0.2, -0.15) is 8.62 Å². The number of phosphoric ester groups is 1. The lowest BCUT2D eigenvalue weighted by Crippen LogP contribution is -2.59. The lowest BCUT2D eigenvalue weighted by molar-refractivity contribution is -0.213. The van der Waals surface area contributed by atoms with Crippen LogP contribution in [0.1, 0.15) is 12.6 Å². The molecule has 1 aromatic rings. The summed E-state index contributed by atoms with van der Waals surface area (Å²) in [6, 6.07) is 0.991. The molecule has 1 spiro atoms. The molecule has 0 bridgehead atoms. The van der Waals surface area contributed by atoms with Crippen LogP contribution in [0.4, 0.5) is 0 Å². The molecule has 0 saturated carbocycles. The average molecular weight is 510 g/mol. The van der Waals surface area contributed by atoms with E-state index in [1.807, 2.05) is 4.98 Å². The fourth-order valence-electron chi connectivity index (χ4n) is 3.11. The van der Waals surface area contributed by atoms with Gasteiger partial charge in [0.15, 0.2) is 6.23 Å². The van der Waals surface area contributed by atoms with Gasteiger partial charge >= 0.3 is 29.2 Å². The Bertz CT molecular complexity index is 1090. The molecule has 17 nitrogen and oxygen atoms in total. The molecule has 3 rings (SSSR count). The summed E-state index contributed by atoms with van der Waals surface area (Å²) in [6.07, 6.45) is -2.96. The predicted octanol–water partition coefficient (Wildman–Crippen LogP) is -1.70. The second-order valence-corrected chi connectivity index (χ2v) is 10.8. The Morgan fingerprint density at radius 2 is 1.81 bits per heavy atom. The number of hydrogen-bond acceptors (Lipinski definition) is 11. The summed E-state index contributed by atoms with van der Waals surface area (Å²) < 4.78 is 57.4. The zero-order valence-electron chi connectivity index (χ0n) is 15.1. The predicted molar refractivity (Wildman–Crippen MR) is 94.4 cm³/mol. The van der Waals surface area contributed by atoms with Crippen LogP contribution in [0.25, 0.3) is 0 Å². The topological polar surface area (TPSA) is 253 Å². The van der Waals surface area contributed by atoms with E-state index in [4.69, 9.17) is 24.2 Å². The molecule has 2 aliphatic heterocycles. The average Bonchev–Trinajstić information content (AvgIpc) is 2.82. The minimum Gasteiger partial charge on any atom is -0.385 e. The lowest BCUT2D eigenvalue weighted by Gasteiger charge is -2.43. The van der Waals surface area contributed by atoms with Crippen molar-refractivity contribution in [3.63, 3.8) is 0 Å². The van der Waals surface area contributed by atoms with E-state index in [0.717, 1.165) is 16.8 Å². The molecule has 20 heteroatoms. The van der Waals surface area contributed by atoms with Crippen LogP contribution >= 0.6 is 23.5 Å². The van der Waals surface area contributed by atoms with E-state index in [1.165, 1.54) is 0 Å². The Morgan fingerprint density at radius 1 is 1.16 bits per heavy atom. The van der Waals surface area contributed by atoms with Crippen LogP contribution in [0.5, 0.6) is 0 Å². The first-order valence-corrected chi connectivity index (χ1v) is 12.7. The third kappa shape index (κ3) is 5.49. The summed E-state index contributed by atoms with van der Waals surface area (Å²) in [4.78, 5) is 61.0. The third-order valence-corrected chi connectivity index (χ3v) is 8.22. The number of nitrogens with zero attached hydrogens (tertiary/aromatic N) is 1. The Labute approximate surface area is 171 Å². The van der Waals surface area contributed by atoms with E-state index in [0.29, 0.717) is 0 Å². The Kier molecular flexibility index (Phi) is 6.66. The zero-order valence-corrected chi connectivity index (χ0v) is 17.8. The Balaban J connectivity index is 1.74. The number of H-pyrrole nitrogens is 1. The summed E-state index contributed by atoms with van der Waals surface area (Å²) in [5.41, 5.74) is -3.10. The van der Waals surface area contributed by atoms with Crippen LogP contribution in [-0.2, 0) is 36.3 Å². The van der Waals surface area contributed by atoms with Crippen LogP contribution < -0.4 is 11.2 Å². The Morgan fingerprint density at radius 3 is 2.32 bits per heavy atom. The van der Waals surface area contributed by atoms with Gasteiger partial charge in [-0.05, 0) is 0 Å². The summed E-state index contributed by atoms with van der Waals surface area (Å²) in [5.74, 6) is 0. The maximum Gasteiger partial charge on any atom is 0.490 e. The van der Waals surface area contributed by atoms with Gasteiger partial charge in [0.1, 0.15) is 17.8 Å². The molecule has 0 amide bonds. The Hall–Kier alpha value is -1.03. The van der Waals surface area contributed by atoms with Gasteiger partial charge in [-0.3, -0.25) is 18.9 Å². The molecule has 0 radical (unpaired) electrons. The number of rotatable bonds is 8. The van der Waals surface area contributed by atoms with Gasteiger partial charge in [-0.25, -0.2) is 18.5 Å². The molecule has 176 valence electrons. The number of aromatic amines is 1. The summed E-state index contributed by atoms with van der Waals surface area (Å²) in [5, 5.41) is 10.6. The minimum atomic E-state index is -5.71. The molecule has 3 heterocycles. The number of hydrogen-bond donors (Lipinski definition) is 6. The molecule has 2 fully saturated rings. The highest BCUT2D eigenvalue weighted by Crippen LogP contribution is 2.66. The van der Waals surface area contributed by atoms with E-state index in [-0.39, 0.29) is 13.0 Å². The molecule has 0 aliphatic carbocycles. The van der Waals surface area contributed by atoms with Crippen molar-refractivity contribution in [2.24, 2.45) is 0 Å². The second kappa shape index (κ2) is 8.39. The first kappa shape index (κ1) is 24.6. The molecule has 1 aromatic heterocycles. The SMILES string of the molecule is O=c1ccn([C@@H]2O[C@H](COP(=O)(O)OP(=O)(O)OP(=O)(O)O)C3(CCO3)[C@H]2O)c(=O)[nH]1. The van der Waals surface area contributed by atoms with Crippen molar-refractivity contribution in [3.8, 4) is 0 Å². The fourth-order valence-corrected chi connectivity index (χ4v) is 6.12. The molecule has 31 heavy (non-hydrogen) atoms. The molecule has 0 aromatic carbocycles. The first-order chi connectivity index (χ1) is 14.1. The molecule has 2 aliphatic rings. The number of aliphatic hydroxyl groups is 1. The van der Waals surface area contributed by atoms with Gasteiger partial charge in [-0.1, -0.05) is 0 Å². The smallest absolute Gasteiger partial charge is 0.385 e. The zero-order chi connectivity index (χ0) is 23.2. The number of ether oxygens (including phenoxy) is 2. The van der Waals surface area contributed by atoms with E-state index in [9.17, 15) is 33.3 Å². The lowest BCUT2D eigenvalue weighted by atomic mass is 9.85. The van der Waals surface area contributed by atoms with Gasteiger partial charge < -0.3 is 34.2 Å². The molecule has 2 saturated heterocycles. The van der Waals surface area contributed by atoms with Gasteiger partial charge in [0.25, 0.3) is 5.56 Å². The van der Waals surface area contributed by atoms with E-state index >= 15 is 0 Å². The van der Waals surface area contributed by atoms with Crippen molar-refractivity contribution >= 4 is 23.5 Å². The molecular weight excluding hydrogens is 493 g/mol. The summed E-state index contributed by atoms with van der Waals surface area (Å²) >= 11 is 0. The number of nitrogens with one attached hydrogen (secondary N) is 1. The number of phosphoric acid groups is 3. The van der Waals surface area contributed by atoms with Crippen molar-refractivity contribution in [1.82, 2.24) is 9.55 Å². The van der Waals surface area contributed by atoms with Crippen LogP contribution in [-0.4, -0.2) is 65.3 Å². The van der Waals surface area contributed by atoms with Crippen LogP contribution in [0.2, 0.25) is 0 Å². The number of aliphatic hydroxyl groups excluding tert-OH is 1. The van der Waals surface area contributed by atoms with E-state index in [1.54, 1.807) is 0 Å². The highest BCUT2D eigenvalue weighted by atomic mass is 31.3. The van der Waals surface area contributed by atoms with Crippen molar-refractivity contribution in [2.45, 2.75) is 30.5 Å². The standard InChI is InChI=1S/C11H17N2O15P3/c14-7-1-3-13(10(16)12-7)9-8(15)11(2-4-24-11)6(26-9)5-25-30(20,21)28-31(22,23)27-29(17,18)19/h1,3,6,8-9,15H,2,4-5H2,(H,20,21)(H,22,23)(H,12,14,16)(H2,17,18,19)/t6-,8+,9-,11?/m1/s1. The normalized spacial score (nSPS) is 32.4. The number of aromatic nitrogens is 2. The van der Waals surface area contributed by atoms with E-state index < -0.39 is 65.4 Å². The molecule has 6 N–H and O–H groups in total. The second-order valence-electron chi connectivity index (χ2n) is 6.42. The van der Waals surface area contributed by atoms with Crippen molar-refractivity contribution < 1.29 is 61.0 Å². The van der Waals surface area contributed by atoms with Gasteiger partial charge in [-0.15, -0.1) is 0 Å². The molecular formula is C11H17N2O15P3. The maximum atomic E-state index is 12.0. The van der Waals surface area contributed by atoms with Gasteiger partial charge in [0.05, 0.1) is 13.2 Å². The van der Waals surface area contributed by atoms with Crippen LogP contribution in [0.3, 0.4) is 0 Å². The minimum absolute atomic E-state index is 0.166. The first-order valence-electron chi connectivity index (χ1n) is 8.21. The summed E-state index contributed by atoms with van der Waals surface area (Å²) in [6.45, 7) is -0.714. The summed E-state index contributed by atoms with van der Waals surface area (Å²) in [7, 11) is -16.7. The highest BCUT2D eigenvalue weighted by Gasteiger charge is 2.62. The quantitative estimate of drug-likeness (QED) is 0.213. The van der Waals surface area contributed by atoms with Crippen molar-refractivity contribution in [3.05, 3.63) is 33.1 Å². The van der Waals surface area contributed by atoms with Crippen LogP contribution in [0, 0.1) is 0 Å². The monoisotopic (exact) mass is 510 g/mol. The van der Waals surface area contributed by atoms with Gasteiger partial charge in [0, 0.05) is 18.7 Å². The molecule has 6 atom stereocenters. The molecule has 3 unspecified atom stereocenters. The van der Waals surface area contributed by atoms with Crippen molar-refractivity contribution in [2.75, 3.05) is 13.2 Å². The highest BCUT2D eigenvalue weighted by molar-refractivity contribution is 7.66. The van der Waals surface area contributed by atoms with Gasteiger partial charge in [0.2, 0.25) is 0 Å². The largest absolute Gasteiger partial charge is 0.490 e.